The fourth-order valence-corrected chi connectivity index (χ4v) is 3.40. The van der Waals surface area contributed by atoms with Gasteiger partial charge in [-0.3, -0.25) is 9.69 Å². The molecule has 0 aromatic heterocycles. The van der Waals surface area contributed by atoms with E-state index < -0.39 is 12.6 Å². The molecule has 3 N–H and O–H groups in total. The van der Waals surface area contributed by atoms with Crippen molar-refractivity contribution in [1.82, 2.24) is 21.1 Å². The van der Waals surface area contributed by atoms with E-state index in [4.69, 9.17) is 0 Å². The highest BCUT2D eigenvalue weighted by Crippen LogP contribution is 2.50. The summed E-state index contributed by atoms with van der Waals surface area (Å²) in [5.41, 5.74) is 9.01. The summed E-state index contributed by atoms with van der Waals surface area (Å²) in [6.07, 6.45) is -1.74. The summed E-state index contributed by atoms with van der Waals surface area (Å²) < 4.78 is 36.4. The summed E-state index contributed by atoms with van der Waals surface area (Å²) in [4.78, 5) is 13.9. The molecule has 0 radical (unpaired) electrons. The van der Waals surface area contributed by atoms with Crippen LogP contribution in [0.1, 0.15) is 12.8 Å². The normalized spacial score (nSPS) is 30.4. The van der Waals surface area contributed by atoms with Crippen molar-refractivity contribution in [2.45, 2.75) is 31.1 Å². The number of hydrogen-bond donors (Lipinski definition) is 3. The Labute approximate surface area is 125 Å². The van der Waals surface area contributed by atoms with Crippen molar-refractivity contribution >= 4 is 5.91 Å². The highest BCUT2D eigenvalue weighted by molar-refractivity contribution is 5.95. The molecule has 0 aromatic carbocycles. The van der Waals surface area contributed by atoms with E-state index in [1.165, 1.54) is 5.57 Å². The molecule has 2 unspecified atom stereocenters. The van der Waals surface area contributed by atoms with Gasteiger partial charge in [0.15, 0.2) is 0 Å². The van der Waals surface area contributed by atoms with Crippen LogP contribution in [-0.2, 0) is 4.79 Å². The molecular weight excluding hydrogens is 297 g/mol. The van der Waals surface area contributed by atoms with Gasteiger partial charge in [-0.2, -0.15) is 13.2 Å². The zero-order chi connectivity index (χ0) is 15.5. The molecule has 0 bridgehead atoms. The molecule has 22 heavy (non-hydrogen) atoms. The molecule has 4 aliphatic rings. The number of amides is 1. The molecule has 2 aliphatic carbocycles. The van der Waals surface area contributed by atoms with Crippen LogP contribution in [0, 0.1) is 5.92 Å². The highest BCUT2D eigenvalue weighted by atomic mass is 19.4. The second kappa shape index (κ2) is 4.73. The number of alkyl halides is 3. The van der Waals surface area contributed by atoms with Crippen molar-refractivity contribution in [1.29, 1.82) is 0 Å². The number of nitrogens with zero attached hydrogens (tertiary/aromatic N) is 1. The second-order valence-corrected chi connectivity index (χ2v) is 6.40. The van der Waals surface area contributed by atoms with Gasteiger partial charge in [0.2, 0.25) is 0 Å². The van der Waals surface area contributed by atoms with Gasteiger partial charge in [-0.1, -0.05) is 11.6 Å². The quantitative estimate of drug-likeness (QED) is 0.704. The number of likely N-dealkylation sites (tertiary alicyclic amines) is 1. The van der Waals surface area contributed by atoms with Crippen LogP contribution < -0.4 is 16.2 Å². The summed E-state index contributed by atoms with van der Waals surface area (Å²) >= 11 is 0. The van der Waals surface area contributed by atoms with Gasteiger partial charge in [0, 0.05) is 31.1 Å². The largest absolute Gasteiger partial charge is 0.390 e. The summed E-state index contributed by atoms with van der Waals surface area (Å²) in [5.74, 6) is 0.359. The van der Waals surface area contributed by atoms with E-state index in [1.807, 2.05) is 0 Å². The molecule has 4 rings (SSSR count). The maximum atomic E-state index is 12.2. The molecule has 0 spiro atoms. The van der Waals surface area contributed by atoms with Gasteiger partial charge in [-0.05, 0) is 6.42 Å². The third-order valence-corrected chi connectivity index (χ3v) is 4.72. The summed E-state index contributed by atoms with van der Waals surface area (Å²) in [7, 11) is 0. The lowest BCUT2D eigenvalue weighted by molar-refractivity contribution is -0.141. The lowest BCUT2D eigenvalue weighted by Gasteiger charge is -2.39. The first-order valence-electron chi connectivity index (χ1n) is 7.47. The van der Waals surface area contributed by atoms with Crippen LogP contribution in [0.4, 0.5) is 13.2 Å². The first kappa shape index (κ1) is 14.1. The van der Waals surface area contributed by atoms with Crippen LogP contribution in [0.2, 0.25) is 0 Å². The Morgan fingerprint density at radius 2 is 2.18 bits per heavy atom. The van der Waals surface area contributed by atoms with Gasteiger partial charge in [0.25, 0.3) is 5.91 Å². The number of carbonyl (C=O) groups is 1. The Kier molecular flexibility index (Phi) is 3.02. The number of carbonyl (C=O) groups excluding carboxylic acids is 1. The molecule has 0 aromatic rings. The minimum absolute atomic E-state index is 0.000522. The number of rotatable bonds is 4. The van der Waals surface area contributed by atoms with E-state index in [0.717, 1.165) is 12.0 Å². The van der Waals surface area contributed by atoms with Gasteiger partial charge in [-0.25, -0.2) is 5.43 Å². The van der Waals surface area contributed by atoms with Crippen LogP contribution in [0.3, 0.4) is 0 Å². The van der Waals surface area contributed by atoms with Gasteiger partial charge in [-0.15, -0.1) is 0 Å². The number of fused-ring (bicyclic) bond motifs is 3. The summed E-state index contributed by atoms with van der Waals surface area (Å²) in [5, 5.41) is 2.88. The smallest absolute Gasteiger partial charge is 0.345 e. The van der Waals surface area contributed by atoms with Crippen molar-refractivity contribution in [3.63, 3.8) is 0 Å². The third kappa shape index (κ3) is 2.50. The van der Waals surface area contributed by atoms with E-state index in [2.05, 4.69) is 22.2 Å². The van der Waals surface area contributed by atoms with E-state index in [1.54, 1.807) is 4.90 Å². The van der Waals surface area contributed by atoms with Crippen molar-refractivity contribution < 1.29 is 18.0 Å². The predicted octanol–water partition coefficient (Wildman–Crippen LogP) is 0.430. The summed E-state index contributed by atoms with van der Waals surface area (Å²) in [6, 6.07) is 0.138. The predicted molar refractivity (Wildman–Crippen MR) is 72.3 cm³/mol. The Balaban J connectivity index is 1.27. The van der Waals surface area contributed by atoms with Crippen molar-refractivity contribution in [2.75, 3.05) is 19.6 Å². The zero-order valence-corrected chi connectivity index (χ0v) is 11.8. The van der Waals surface area contributed by atoms with Gasteiger partial charge in [0.1, 0.15) is 5.70 Å². The number of hydrazine groups is 1. The van der Waals surface area contributed by atoms with Gasteiger partial charge < -0.3 is 10.7 Å². The average Bonchev–Trinajstić information content (AvgIpc) is 2.87. The second-order valence-electron chi connectivity index (χ2n) is 6.40. The zero-order valence-electron chi connectivity index (χ0n) is 11.8. The van der Waals surface area contributed by atoms with Crippen LogP contribution in [0.15, 0.2) is 22.9 Å². The monoisotopic (exact) mass is 314 g/mol. The minimum atomic E-state index is -4.12. The highest BCUT2D eigenvalue weighted by Gasteiger charge is 2.48. The number of nitrogens with one attached hydrogen (secondary N) is 3. The standard InChI is InChI=1S/C14H17F3N4O/c15-14(16,17)1-2-21-5-8(6-21)18-13(22)12-10-4-7-3-9(7)11(10)19-20-12/h4,8-9,11,19-20H,1-3,5-6H2,(H,18,22). The SMILES string of the molecule is O=C(NC1CN(CCC(F)(F)F)C1)C1=C2C=C3CC3C2NN1. The van der Waals surface area contributed by atoms with Gasteiger partial charge in [0.05, 0.1) is 18.5 Å². The molecule has 8 heteroatoms. The van der Waals surface area contributed by atoms with Crippen LogP contribution in [0.25, 0.3) is 0 Å². The van der Waals surface area contributed by atoms with Crippen molar-refractivity contribution in [2.24, 2.45) is 5.92 Å². The maximum Gasteiger partial charge on any atom is 0.390 e. The Bertz CT molecular complexity index is 577. The first-order chi connectivity index (χ1) is 10.4. The third-order valence-electron chi connectivity index (χ3n) is 4.72. The van der Waals surface area contributed by atoms with E-state index in [0.29, 0.717) is 24.7 Å². The van der Waals surface area contributed by atoms with Crippen molar-refractivity contribution in [3.8, 4) is 0 Å². The average molecular weight is 314 g/mol. The molecule has 2 fully saturated rings. The lowest BCUT2D eigenvalue weighted by atomic mass is 10.1. The van der Waals surface area contributed by atoms with Crippen LogP contribution >= 0.6 is 0 Å². The van der Waals surface area contributed by atoms with Crippen molar-refractivity contribution in [3.05, 3.63) is 22.9 Å². The lowest BCUT2D eigenvalue weighted by Crippen LogP contribution is -2.60. The Morgan fingerprint density at radius 1 is 1.41 bits per heavy atom. The molecule has 5 nitrogen and oxygen atoms in total. The molecular formula is C14H17F3N4O. The Hall–Kier alpha value is -1.54. The molecule has 2 heterocycles. The topological polar surface area (TPSA) is 56.4 Å². The summed E-state index contributed by atoms with van der Waals surface area (Å²) in [6.45, 7) is 0.954. The van der Waals surface area contributed by atoms with Crippen LogP contribution in [0.5, 0.6) is 0 Å². The number of halogens is 3. The molecule has 1 saturated heterocycles. The van der Waals surface area contributed by atoms with E-state index >= 15 is 0 Å². The van der Waals surface area contributed by atoms with Crippen LogP contribution in [-0.4, -0.2) is 48.7 Å². The number of hydrogen-bond acceptors (Lipinski definition) is 4. The molecule has 120 valence electrons. The molecule has 2 aliphatic heterocycles. The fraction of sp³-hybridized carbons (Fsp3) is 0.643. The molecule has 2 atom stereocenters. The van der Waals surface area contributed by atoms with E-state index in [-0.39, 0.29) is 24.5 Å². The fourth-order valence-electron chi connectivity index (χ4n) is 3.40. The maximum absolute atomic E-state index is 12.2. The molecule has 1 amide bonds. The van der Waals surface area contributed by atoms with E-state index in [9.17, 15) is 18.0 Å². The van der Waals surface area contributed by atoms with Gasteiger partial charge >= 0.3 is 6.18 Å². The Morgan fingerprint density at radius 3 is 2.91 bits per heavy atom. The first-order valence-corrected chi connectivity index (χ1v) is 7.47. The molecule has 1 saturated carbocycles. The minimum Gasteiger partial charge on any atom is -0.345 e.